The highest BCUT2D eigenvalue weighted by atomic mass is 32.2. The average molecular weight is 520 g/mol. The zero-order valence-electron chi connectivity index (χ0n) is 21.3. The number of sulfonamides is 1. The molecule has 1 atom stereocenters. The van der Waals surface area contributed by atoms with Crippen LogP contribution in [-0.4, -0.2) is 95.4 Å². The summed E-state index contributed by atoms with van der Waals surface area (Å²) in [6, 6.07) is 1.47. The minimum atomic E-state index is -3.81. The first kappa shape index (κ1) is 26.2. The average Bonchev–Trinajstić information content (AvgIpc) is 3.15. The molecule has 12 nitrogen and oxygen atoms in total. The van der Waals surface area contributed by atoms with Gasteiger partial charge in [0, 0.05) is 40.3 Å². The van der Waals surface area contributed by atoms with Gasteiger partial charge in [-0.25, -0.2) is 18.4 Å². The summed E-state index contributed by atoms with van der Waals surface area (Å²) in [6.07, 6.45) is 2.45. The highest BCUT2D eigenvalue weighted by molar-refractivity contribution is 7.89. The molecular weight excluding hydrogens is 486 g/mol. The number of piperazine rings is 1. The van der Waals surface area contributed by atoms with Crippen LogP contribution in [-0.2, 0) is 28.2 Å². The molecule has 3 aromatic rings. The fourth-order valence-electron chi connectivity index (χ4n) is 4.24. The van der Waals surface area contributed by atoms with Crippen LogP contribution < -0.4 is 10.3 Å². The molecule has 1 aliphatic heterocycles. The second kappa shape index (κ2) is 10.6. The molecule has 0 spiro atoms. The number of H-pyrrole nitrogens is 1. The molecule has 0 bridgehead atoms. The van der Waals surface area contributed by atoms with E-state index in [-0.39, 0.29) is 33.8 Å². The van der Waals surface area contributed by atoms with Gasteiger partial charge in [0.2, 0.25) is 15.9 Å². The van der Waals surface area contributed by atoms with Crippen molar-refractivity contribution in [3.8, 4) is 17.3 Å². The van der Waals surface area contributed by atoms with Crippen LogP contribution in [0.2, 0.25) is 0 Å². The number of hydrogen-bond acceptors (Lipinski definition) is 9. The Hall–Kier alpha value is -2.87. The van der Waals surface area contributed by atoms with Crippen molar-refractivity contribution < 1.29 is 17.9 Å². The normalized spacial score (nSPS) is 16.5. The third-order valence-electron chi connectivity index (χ3n) is 6.19. The van der Waals surface area contributed by atoms with Crippen LogP contribution in [0, 0.1) is 0 Å². The van der Waals surface area contributed by atoms with Crippen LogP contribution in [0.1, 0.15) is 26.0 Å². The van der Waals surface area contributed by atoms with Gasteiger partial charge in [0.25, 0.3) is 5.56 Å². The van der Waals surface area contributed by atoms with E-state index in [1.807, 2.05) is 20.9 Å². The van der Waals surface area contributed by atoms with Crippen LogP contribution in [0.3, 0.4) is 0 Å². The summed E-state index contributed by atoms with van der Waals surface area (Å²) in [4.78, 5) is 26.8. The summed E-state index contributed by atoms with van der Waals surface area (Å²) in [6.45, 7) is 6.19. The van der Waals surface area contributed by atoms with Crippen molar-refractivity contribution in [3.63, 3.8) is 0 Å². The molecule has 36 heavy (non-hydrogen) atoms. The first-order chi connectivity index (χ1) is 17.1. The smallest absolute Gasteiger partial charge is 0.279 e. The molecule has 196 valence electrons. The van der Waals surface area contributed by atoms with Crippen molar-refractivity contribution in [2.24, 2.45) is 7.05 Å². The van der Waals surface area contributed by atoms with E-state index in [0.29, 0.717) is 44.7 Å². The van der Waals surface area contributed by atoms with E-state index < -0.39 is 15.6 Å². The Bertz CT molecular complexity index is 1390. The quantitative estimate of drug-likeness (QED) is 0.439. The minimum Gasteiger partial charge on any atom is -0.472 e. The van der Waals surface area contributed by atoms with E-state index in [9.17, 15) is 13.2 Å². The minimum absolute atomic E-state index is 0.0107. The summed E-state index contributed by atoms with van der Waals surface area (Å²) in [5.74, 6) is 0.320. The topological polar surface area (TPSA) is 136 Å². The number of aromatic nitrogens is 5. The molecule has 4 heterocycles. The standard InChI is InChI=1S/C23H33N7O5S/c1-6-7-18-19-20(27-29(18)4)22(31)26-21(25-19)17-12-16(13-24-23(17)35-15(2)14-34-5)36(32,33)30-10-8-28(3)9-11-30/h12-13,15H,6-11,14H2,1-5H3,(H,25,26,31). The van der Waals surface area contributed by atoms with Crippen molar-refractivity contribution in [1.82, 2.24) is 33.9 Å². The van der Waals surface area contributed by atoms with Gasteiger partial charge in [-0.15, -0.1) is 0 Å². The molecule has 1 N–H and O–H groups in total. The van der Waals surface area contributed by atoms with Gasteiger partial charge in [-0.1, -0.05) is 13.3 Å². The van der Waals surface area contributed by atoms with E-state index in [1.54, 1.807) is 18.8 Å². The van der Waals surface area contributed by atoms with Gasteiger partial charge < -0.3 is 19.4 Å². The molecule has 3 aromatic heterocycles. The predicted octanol–water partition coefficient (Wildman–Crippen LogP) is 1.02. The molecule has 1 unspecified atom stereocenters. The van der Waals surface area contributed by atoms with Crippen molar-refractivity contribution in [2.75, 3.05) is 46.9 Å². The third kappa shape index (κ3) is 5.14. The van der Waals surface area contributed by atoms with Crippen molar-refractivity contribution in [1.29, 1.82) is 0 Å². The van der Waals surface area contributed by atoms with Crippen molar-refractivity contribution in [3.05, 3.63) is 28.3 Å². The molecule has 13 heteroatoms. The molecule has 1 fully saturated rings. The molecule has 0 aliphatic carbocycles. The number of aromatic amines is 1. The van der Waals surface area contributed by atoms with Gasteiger partial charge in [-0.05, 0) is 26.5 Å². The highest BCUT2D eigenvalue weighted by Gasteiger charge is 2.29. The molecular formula is C23H33N7O5S. The number of hydrogen-bond donors (Lipinski definition) is 1. The predicted molar refractivity (Wildman–Crippen MR) is 135 cm³/mol. The highest BCUT2D eigenvalue weighted by Crippen LogP contribution is 2.31. The van der Waals surface area contributed by atoms with Crippen molar-refractivity contribution >= 4 is 21.1 Å². The van der Waals surface area contributed by atoms with Crippen molar-refractivity contribution in [2.45, 2.75) is 37.7 Å². The Morgan fingerprint density at radius 2 is 1.89 bits per heavy atom. The summed E-state index contributed by atoms with van der Waals surface area (Å²) in [7, 11) is 1.49. The molecule has 0 aromatic carbocycles. The number of ether oxygens (including phenoxy) is 2. The fraction of sp³-hybridized carbons (Fsp3) is 0.565. The maximum atomic E-state index is 13.4. The Morgan fingerprint density at radius 1 is 1.17 bits per heavy atom. The first-order valence-corrected chi connectivity index (χ1v) is 13.4. The molecule has 4 rings (SSSR count). The molecule has 1 saturated heterocycles. The lowest BCUT2D eigenvalue weighted by molar-refractivity contribution is 0.0893. The van der Waals surface area contributed by atoms with Gasteiger partial charge in [0.15, 0.2) is 5.52 Å². The van der Waals surface area contributed by atoms with Crippen LogP contribution in [0.4, 0.5) is 0 Å². The number of rotatable bonds is 9. The van der Waals surface area contributed by atoms with Crippen LogP contribution in [0.15, 0.2) is 22.0 Å². The number of fused-ring (bicyclic) bond motifs is 1. The molecule has 0 amide bonds. The summed E-state index contributed by atoms with van der Waals surface area (Å²) >= 11 is 0. The van der Waals surface area contributed by atoms with Gasteiger partial charge in [-0.2, -0.15) is 9.40 Å². The number of nitrogens with one attached hydrogen (secondary N) is 1. The van der Waals surface area contributed by atoms with E-state index >= 15 is 0 Å². The molecule has 1 aliphatic rings. The van der Waals surface area contributed by atoms with E-state index in [2.05, 4.69) is 20.0 Å². The van der Waals surface area contributed by atoms with E-state index in [1.165, 1.54) is 16.6 Å². The van der Waals surface area contributed by atoms with E-state index in [0.717, 1.165) is 12.1 Å². The van der Waals surface area contributed by atoms with Crippen LogP contribution in [0.25, 0.3) is 22.4 Å². The van der Waals surface area contributed by atoms with E-state index in [4.69, 9.17) is 14.5 Å². The number of pyridine rings is 1. The van der Waals surface area contributed by atoms with Gasteiger partial charge in [0.1, 0.15) is 22.3 Å². The monoisotopic (exact) mass is 519 g/mol. The fourth-order valence-corrected chi connectivity index (χ4v) is 5.64. The summed E-state index contributed by atoms with van der Waals surface area (Å²) < 4.78 is 41.1. The lowest BCUT2D eigenvalue weighted by Crippen LogP contribution is -2.47. The SMILES string of the molecule is CCCc1c2nc(-c3cc(S(=O)(=O)N4CCN(C)CC4)cnc3OC(C)COC)[nH]c(=O)c2nn1C. The lowest BCUT2D eigenvalue weighted by Gasteiger charge is -2.31. The maximum Gasteiger partial charge on any atom is 0.279 e. The van der Waals surface area contributed by atoms with Gasteiger partial charge in [0.05, 0.1) is 24.1 Å². The number of nitrogens with zero attached hydrogens (tertiary/aromatic N) is 6. The maximum absolute atomic E-state index is 13.4. The zero-order chi connectivity index (χ0) is 26.0. The number of likely N-dealkylation sites (N-methyl/N-ethyl adjacent to an activating group) is 1. The lowest BCUT2D eigenvalue weighted by atomic mass is 10.2. The van der Waals surface area contributed by atoms with Crippen LogP contribution >= 0.6 is 0 Å². The summed E-state index contributed by atoms with van der Waals surface area (Å²) in [5.41, 5.74) is 1.38. The Balaban J connectivity index is 1.86. The second-order valence-electron chi connectivity index (χ2n) is 9.05. The Kier molecular flexibility index (Phi) is 7.73. The number of aryl methyl sites for hydroxylation is 2. The third-order valence-corrected chi connectivity index (χ3v) is 8.06. The molecule has 0 saturated carbocycles. The Labute approximate surface area is 210 Å². The first-order valence-electron chi connectivity index (χ1n) is 12.0. The second-order valence-corrected chi connectivity index (χ2v) is 11.0. The van der Waals surface area contributed by atoms with Gasteiger partial charge >= 0.3 is 0 Å². The molecule has 0 radical (unpaired) electrons. The summed E-state index contributed by atoms with van der Waals surface area (Å²) in [5, 5.41) is 4.33. The largest absolute Gasteiger partial charge is 0.472 e. The van der Waals surface area contributed by atoms with Crippen LogP contribution in [0.5, 0.6) is 5.88 Å². The zero-order valence-corrected chi connectivity index (χ0v) is 22.1. The number of methoxy groups -OCH3 is 1. The van der Waals surface area contributed by atoms with Gasteiger partial charge in [-0.3, -0.25) is 9.48 Å². The Morgan fingerprint density at radius 3 is 2.56 bits per heavy atom.